The van der Waals surface area contributed by atoms with Gasteiger partial charge in [0, 0.05) is 54.3 Å². The van der Waals surface area contributed by atoms with Crippen LogP contribution >= 0.6 is 34.4 Å². The molecule has 0 fully saturated rings. The van der Waals surface area contributed by atoms with E-state index in [1.165, 1.54) is 42.4 Å². The highest BCUT2D eigenvalue weighted by atomic mass is 32.1. The first-order valence-electron chi connectivity index (χ1n) is 17.6. The van der Waals surface area contributed by atoms with Crippen LogP contribution in [-0.2, 0) is 0 Å². The van der Waals surface area contributed by atoms with Crippen LogP contribution in [0.3, 0.4) is 0 Å². The normalized spacial score (nSPS) is 11.2. The van der Waals surface area contributed by atoms with Crippen LogP contribution in [0.1, 0.15) is 25.7 Å². The second kappa shape index (κ2) is 16.0. The molecule has 0 unspecified atom stereocenters. The molecular formula is C44H37N3O2S3. The summed E-state index contributed by atoms with van der Waals surface area (Å²) in [4.78, 5) is 7.05. The largest absolute Gasteiger partial charge is 0.494 e. The van der Waals surface area contributed by atoms with E-state index in [2.05, 4.69) is 138 Å². The molecule has 0 aliphatic heterocycles. The molecule has 0 radical (unpaired) electrons. The first-order valence-corrected chi connectivity index (χ1v) is 19.9. The van der Waals surface area contributed by atoms with Crippen LogP contribution in [0.4, 0.5) is 17.1 Å². The Hall–Kier alpha value is -5.12. The van der Waals surface area contributed by atoms with Gasteiger partial charge in [-0.05, 0) is 115 Å². The first kappa shape index (κ1) is 34.0. The number of aliphatic hydroxyl groups is 1. The number of benzene rings is 5. The third kappa shape index (κ3) is 7.43. The highest BCUT2D eigenvalue weighted by Gasteiger charge is 2.17. The van der Waals surface area contributed by atoms with E-state index in [0.29, 0.717) is 6.61 Å². The van der Waals surface area contributed by atoms with Gasteiger partial charge in [0.05, 0.1) is 18.3 Å². The number of aromatic nitrogens is 2. The van der Waals surface area contributed by atoms with Crippen molar-refractivity contribution < 1.29 is 9.84 Å². The number of hydrogen-bond donors (Lipinski definition) is 1. The van der Waals surface area contributed by atoms with Crippen molar-refractivity contribution in [2.45, 2.75) is 25.7 Å². The SMILES string of the molecule is OCCCCCCOc1ccc(-c2ccc(-c3ccc(-c4ccc(-c5ccc(N(c6ccccc6)c6ccccc6)cc5)s4)c4nsnc34)s2)cc1. The number of rotatable bonds is 14. The molecule has 0 aliphatic carbocycles. The Morgan fingerprint density at radius 3 is 1.50 bits per heavy atom. The number of ether oxygens (including phenoxy) is 1. The number of unbranched alkanes of at least 4 members (excludes halogenated alkanes) is 3. The monoisotopic (exact) mass is 735 g/mol. The van der Waals surface area contributed by atoms with E-state index in [1.807, 2.05) is 12.1 Å². The van der Waals surface area contributed by atoms with Crippen LogP contribution in [-0.4, -0.2) is 27.1 Å². The van der Waals surface area contributed by atoms with Crippen molar-refractivity contribution in [2.75, 3.05) is 18.1 Å². The summed E-state index contributed by atoms with van der Waals surface area (Å²) in [7, 11) is 0. The smallest absolute Gasteiger partial charge is 0.119 e. The van der Waals surface area contributed by atoms with Gasteiger partial charge in [-0.2, -0.15) is 8.75 Å². The van der Waals surface area contributed by atoms with Crippen LogP contribution in [0.25, 0.3) is 52.8 Å². The lowest BCUT2D eigenvalue weighted by Crippen LogP contribution is -2.09. The number of para-hydroxylation sites is 2. The zero-order valence-corrected chi connectivity index (χ0v) is 31.0. The van der Waals surface area contributed by atoms with Crippen LogP contribution in [0.5, 0.6) is 5.75 Å². The van der Waals surface area contributed by atoms with Crippen molar-refractivity contribution in [3.63, 3.8) is 0 Å². The van der Waals surface area contributed by atoms with Crippen LogP contribution in [0.2, 0.25) is 0 Å². The van der Waals surface area contributed by atoms with E-state index in [1.54, 1.807) is 22.7 Å². The zero-order valence-electron chi connectivity index (χ0n) is 28.5. The van der Waals surface area contributed by atoms with Gasteiger partial charge in [-0.1, -0.05) is 67.1 Å². The van der Waals surface area contributed by atoms with Crippen molar-refractivity contribution >= 4 is 62.5 Å². The highest BCUT2D eigenvalue weighted by Crippen LogP contribution is 2.43. The summed E-state index contributed by atoms with van der Waals surface area (Å²) < 4.78 is 15.5. The Morgan fingerprint density at radius 2 is 0.962 bits per heavy atom. The van der Waals surface area contributed by atoms with Crippen molar-refractivity contribution in [1.29, 1.82) is 0 Å². The maximum atomic E-state index is 8.94. The molecule has 0 saturated heterocycles. The van der Waals surface area contributed by atoms with E-state index in [0.717, 1.165) is 70.7 Å². The molecule has 8 aromatic rings. The lowest BCUT2D eigenvalue weighted by atomic mass is 10.1. The van der Waals surface area contributed by atoms with Gasteiger partial charge >= 0.3 is 0 Å². The molecule has 1 N–H and O–H groups in total. The van der Waals surface area contributed by atoms with Gasteiger partial charge in [0.25, 0.3) is 0 Å². The molecule has 0 spiro atoms. The topological polar surface area (TPSA) is 58.5 Å². The number of thiophene rings is 2. The fraction of sp³-hybridized carbons (Fsp3) is 0.136. The Morgan fingerprint density at radius 1 is 0.481 bits per heavy atom. The number of hydrogen-bond acceptors (Lipinski definition) is 8. The van der Waals surface area contributed by atoms with E-state index in [-0.39, 0.29) is 6.61 Å². The average Bonchev–Trinajstić information content (AvgIpc) is 4.00. The van der Waals surface area contributed by atoms with E-state index in [4.69, 9.17) is 18.6 Å². The second-order valence-corrected chi connectivity index (χ2v) is 15.2. The Balaban J connectivity index is 0.990. The van der Waals surface area contributed by atoms with Gasteiger partial charge in [-0.15, -0.1) is 22.7 Å². The van der Waals surface area contributed by atoms with Gasteiger partial charge < -0.3 is 14.7 Å². The molecule has 258 valence electrons. The number of nitrogens with zero attached hydrogens (tertiary/aromatic N) is 3. The molecule has 8 rings (SSSR count). The van der Waals surface area contributed by atoms with Gasteiger partial charge in [0.1, 0.15) is 16.8 Å². The minimum Gasteiger partial charge on any atom is -0.494 e. The number of fused-ring (bicyclic) bond motifs is 1. The lowest BCUT2D eigenvalue weighted by Gasteiger charge is -2.25. The van der Waals surface area contributed by atoms with Gasteiger partial charge in [-0.25, -0.2) is 0 Å². The van der Waals surface area contributed by atoms with Gasteiger partial charge in [0.15, 0.2) is 0 Å². The molecular weight excluding hydrogens is 699 g/mol. The van der Waals surface area contributed by atoms with Crippen molar-refractivity contribution in [3.8, 4) is 47.5 Å². The maximum absolute atomic E-state index is 8.94. The molecule has 5 nitrogen and oxygen atoms in total. The molecule has 0 amide bonds. The average molecular weight is 736 g/mol. The summed E-state index contributed by atoms with van der Waals surface area (Å²) in [6.45, 7) is 0.965. The van der Waals surface area contributed by atoms with Crippen molar-refractivity contribution in [1.82, 2.24) is 8.75 Å². The summed E-state index contributed by atoms with van der Waals surface area (Å²) in [5.74, 6) is 0.889. The molecule has 52 heavy (non-hydrogen) atoms. The minimum atomic E-state index is 0.266. The van der Waals surface area contributed by atoms with E-state index >= 15 is 0 Å². The molecule has 0 aliphatic rings. The molecule has 0 saturated carbocycles. The highest BCUT2D eigenvalue weighted by molar-refractivity contribution is 7.19. The summed E-state index contributed by atoms with van der Waals surface area (Å²) >= 11 is 4.82. The zero-order chi connectivity index (χ0) is 35.1. The Labute approximate surface area is 316 Å². The molecule has 3 aromatic heterocycles. The van der Waals surface area contributed by atoms with Crippen molar-refractivity contribution in [3.05, 3.63) is 146 Å². The maximum Gasteiger partial charge on any atom is 0.119 e. The van der Waals surface area contributed by atoms with E-state index < -0.39 is 0 Å². The Bertz CT molecular complexity index is 2310. The van der Waals surface area contributed by atoms with Crippen LogP contribution in [0.15, 0.2) is 146 Å². The summed E-state index contributed by atoms with van der Waals surface area (Å²) in [6, 6.07) is 51.4. The summed E-state index contributed by atoms with van der Waals surface area (Å²) in [5, 5.41) is 8.94. The number of aliphatic hydroxyl groups excluding tert-OH is 1. The molecule has 0 bridgehead atoms. The van der Waals surface area contributed by atoms with Gasteiger partial charge in [0.2, 0.25) is 0 Å². The molecule has 3 heterocycles. The predicted molar refractivity (Wildman–Crippen MR) is 221 cm³/mol. The fourth-order valence-electron chi connectivity index (χ4n) is 6.39. The quantitative estimate of drug-likeness (QED) is 0.113. The lowest BCUT2D eigenvalue weighted by molar-refractivity contribution is 0.273. The van der Waals surface area contributed by atoms with Crippen LogP contribution < -0.4 is 9.64 Å². The molecule has 0 atom stereocenters. The molecule has 8 heteroatoms. The summed E-state index contributed by atoms with van der Waals surface area (Å²) in [5.41, 5.74) is 9.83. The third-order valence-electron chi connectivity index (χ3n) is 9.06. The Kier molecular flexibility index (Phi) is 10.5. The van der Waals surface area contributed by atoms with Crippen molar-refractivity contribution in [2.24, 2.45) is 0 Å². The molecule has 5 aromatic carbocycles. The summed E-state index contributed by atoms with van der Waals surface area (Å²) in [6.07, 6.45) is 3.98. The number of anilines is 3. The van der Waals surface area contributed by atoms with Gasteiger partial charge in [-0.3, -0.25) is 0 Å². The fourth-order valence-corrected chi connectivity index (χ4v) is 9.04. The third-order valence-corrected chi connectivity index (χ3v) is 11.9. The van der Waals surface area contributed by atoms with Crippen LogP contribution in [0, 0.1) is 0 Å². The second-order valence-electron chi connectivity index (χ2n) is 12.5. The predicted octanol–water partition coefficient (Wildman–Crippen LogP) is 12.9. The van der Waals surface area contributed by atoms with E-state index in [9.17, 15) is 0 Å². The minimum absolute atomic E-state index is 0.266. The standard InChI is InChI=1S/C44H37N3O2S3/c48-29-9-1-2-10-30-49-36-21-17-32(18-22-36)40-26-28-42(51-40)38-24-23-37(43-44(38)46-52-45-43)41-27-25-39(50-41)31-15-19-35(20-16-31)47(33-11-5-3-6-12-33)34-13-7-4-8-14-34/h3-8,11-28,48H,1-2,9-10,29-30H2. The first-order chi connectivity index (χ1) is 25.7.